The van der Waals surface area contributed by atoms with Gasteiger partial charge >= 0.3 is 81.5 Å². The number of hydrogen-bond acceptors (Lipinski definition) is 6. The van der Waals surface area contributed by atoms with E-state index in [0.717, 1.165) is 12.8 Å². The Morgan fingerprint density at radius 2 is 0.633 bits per heavy atom. The summed E-state index contributed by atoms with van der Waals surface area (Å²) in [6, 6.07) is 0. The van der Waals surface area contributed by atoms with Crippen molar-refractivity contribution in [1.82, 2.24) is 0 Å². The molecule has 0 atom stereocenters. The molecule has 0 fully saturated rings. The van der Waals surface area contributed by atoms with Gasteiger partial charge < -0.3 is 9.47 Å². The van der Waals surface area contributed by atoms with Gasteiger partial charge in [-0.3, -0.25) is 9.59 Å². The van der Waals surface area contributed by atoms with Gasteiger partial charge in [0.25, 0.3) is 0 Å². The number of carbonyl (C=O) groups is 2. The number of thiol groups is 2. The second kappa shape index (κ2) is 52.8. The van der Waals surface area contributed by atoms with Crippen molar-refractivity contribution in [3.63, 3.8) is 0 Å². The predicted molar refractivity (Wildman–Crippen MR) is 226 cm³/mol. The fourth-order valence-corrected chi connectivity index (χ4v) is 9.84. The first-order valence-electron chi connectivity index (χ1n) is 21.3. The van der Waals surface area contributed by atoms with Crippen LogP contribution in [0.3, 0.4) is 0 Å². The number of ether oxygens (including phenoxy) is 2. The van der Waals surface area contributed by atoms with E-state index in [1.807, 2.05) is 0 Å². The molecule has 4 nitrogen and oxygen atoms in total. The van der Waals surface area contributed by atoms with Crippen molar-refractivity contribution in [3.05, 3.63) is 0 Å². The summed E-state index contributed by atoms with van der Waals surface area (Å²) in [5, 5.41) is 0. The standard InChI is InChI=1S/2C17H34O2S.2C4H9.Sn/c2*1-2-3-4-5-6-7-8-9-10-11-12-13-15-19-17(18)14-16-20;2*1-3-4-2;/h2*20H,2-16H2,1H3;2*1,3-4H2,2H3;. The number of hydrogen-bond donors (Lipinski definition) is 2. The van der Waals surface area contributed by atoms with Crippen molar-refractivity contribution in [2.45, 2.75) is 229 Å². The summed E-state index contributed by atoms with van der Waals surface area (Å²) in [7, 11) is 0. The van der Waals surface area contributed by atoms with E-state index in [-0.39, 0.29) is 33.1 Å². The number of unbranched alkanes of at least 4 members (excludes halogenated alkanes) is 24. The molecule has 0 aliphatic heterocycles. The Balaban J connectivity index is -0.000000695. The summed E-state index contributed by atoms with van der Waals surface area (Å²) in [5.41, 5.74) is 0. The molecule has 0 rings (SSSR count). The van der Waals surface area contributed by atoms with E-state index in [2.05, 4.69) is 53.0 Å². The van der Waals surface area contributed by atoms with E-state index < -0.39 is 0 Å². The maximum atomic E-state index is 11.1. The van der Waals surface area contributed by atoms with Crippen molar-refractivity contribution >= 4 is 58.3 Å². The molecule has 294 valence electrons. The zero-order valence-corrected chi connectivity index (χ0v) is 38.1. The molecule has 0 aromatic rings. The average molecular weight is 838 g/mol. The molecule has 0 N–H and O–H groups in total. The van der Waals surface area contributed by atoms with Gasteiger partial charge in [-0.05, 0) is 12.8 Å². The molecule has 0 bridgehead atoms. The molecule has 2 radical (unpaired) electrons. The second-order valence-corrected chi connectivity index (χ2v) is 18.8. The Hall–Kier alpha value is 0.439. The van der Waals surface area contributed by atoms with E-state index >= 15 is 0 Å². The fourth-order valence-electron chi connectivity index (χ4n) is 5.31. The van der Waals surface area contributed by atoms with Gasteiger partial charge in [-0.2, -0.15) is 25.3 Å². The molecule has 0 aromatic heterocycles. The third-order valence-electron chi connectivity index (χ3n) is 8.57. The Morgan fingerprint density at radius 3 is 0.878 bits per heavy atom. The van der Waals surface area contributed by atoms with Crippen LogP contribution in [0.4, 0.5) is 0 Å². The van der Waals surface area contributed by atoms with Crippen molar-refractivity contribution in [2.24, 2.45) is 0 Å². The Morgan fingerprint density at radius 1 is 0.388 bits per heavy atom. The Kier molecular flexibility index (Phi) is 58.0. The van der Waals surface area contributed by atoms with Crippen LogP contribution in [-0.2, 0) is 19.1 Å². The maximum absolute atomic E-state index is 11.1. The van der Waals surface area contributed by atoms with Crippen molar-refractivity contribution < 1.29 is 19.1 Å². The third kappa shape index (κ3) is 58.0. The van der Waals surface area contributed by atoms with E-state index in [0.29, 0.717) is 37.6 Å². The first kappa shape index (κ1) is 53.8. The predicted octanol–water partition coefficient (Wildman–Crippen LogP) is 14.2. The molecular weight excluding hydrogens is 751 g/mol. The molecule has 7 heteroatoms. The van der Waals surface area contributed by atoms with Crippen LogP contribution in [0.2, 0.25) is 8.87 Å². The Bertz CT molecular complexity index is 559. The second-order valence-electron chi connectivity index (χ2n) is 13.6. The van der Waals surface area contributed by atoms with Crippen LogP contribution in [0.25, 0.3) is 0 Å². The van der Waals surface area contributed by atoms with Crippen LogP contribution in [-0.4, -0.2) is 57.8 Å². The van der Waals surface area contributed by atoms with Crippen LogP contribution >= 0.6 is 25.3 Å². The van der Waals surface area contributed by atoms with Gasteiger partial charge in [-0.25, -0.2) is 0 Å². The van der Waals surface area contributed by atoms with Crippen molar-refractivity contribution in [3.8, 4) is 0 Å². The molecule has 0 aliphatic rings. The summed E-state index contributed by atoms with van der Waals surface area (Å²) in [4.78, 5) is 22.1. The fraction of sp³-hybridized carbons (Fsp3) is 0.952. The number of rotatable bonds is 36. The quantitative estimate of drug-likeness (QED) is 0.0286. The molecule has 0 unspecified atom stereocenters. The van der Waals surface area contributed by atoms with E-state index in [4.69, 9.17) is 9.47 Å². The molecule has 0 aliphatic carbocycles. The summed E-state index contributed by atoms with van der Waals surface area (Å²) in [5.74, 6) is 0.945. The number of esters is 2. The zero-order valence-electron chi connectivity index (χ0n) is 33.5. The van der Waals surface area contributed by atoms with Crippen LogP contribution in [0.5, 0.6) is 0 Å². The normalized spacial score (nSPS) is 10.6. The monoisotopic (exact) mass is 838 g/mol. The minimum absolute atomic E-state index is 0.108. The topological polar surface area (TPSA) is 52.6 Å². The van der Waals surface area contributed by atoms with Crippen molar-refractivity contribution in [2.75, 3.05) is 24.7 Å². The van der Waals surface area contributed by atoms with E-state index in [1.165, 1.54) is 167 Å². The molecule has 0 saturated carbocycles. The van der Waals surface area contributed by atoms with Gasteiger partial charge in [0.1, 0.15) is 0 Å². The number of carbonyl (C=O) groups excluding carboxylic acids is 2. The van der Waals surface area contributed by atoms with Gasteiger partial charge in [0.05, 0.1) is 26.1 Å². The molecular formula is C42H86O4S2Sn. The molecule has 0 spiro atoms. The zero-order chi connectivity index (χ0) is 36.7. The van der Waals surface area contributed by atoms with Crippen LogP contribution < -0.4 is 0 Å². The first-order valence-corrected chi connectivity index (χ1v) is 26.6. The molecule has 0 aromatic carbocycles. The van der Waals surface area contributed by atoms with Crippen LogP contribution in [0.1, 0.15) is 220 Å². The molecule has 0 saturated heterocycles. The third-order valence-corrected chi connectivity index (χ3v) is 13.1. The SMILES string of the molecule is CCCCCCCCCCCCCCOC(=O)CCS.CCCCCCCCCCCCCCOC(=O)CCS.CCC[CH2][Sn][CH2]CCC. The van der Waals surface area contributed by atoms with Crippen LogP contribution in [0.15, 0.2) is 0 Å². The van der Waals surface area contributed by atoms with Gasteiger partial charge in [0.2, 0.25) is 0 Å². The van der Waals surface area contributed by atoms with Gasteiger partial charge in [-0.1, -0.05) is 155 Å². The van der Waals surface area contributed by atoms with Gasteiger partial charge in [0, 0.05) is 11.5 Å². The molecule has 0 heterocycles. The summed E-state index contributed by atoms with van der Waals surface area (Å²) in [6.07, 6.45) is 38.6. The summed E-state index contributed by atoms with van der Waals surface area (Å²) in [6.45, 7) is 10.3. The summed E-state index contributed by atoms with van der Waals surface area (Å²) < 4.78 is 13.4. The van der Waals surface area contributed by atoms with Gasteiger partial charge in [-0.15, -0.1) is 0 Å². The summed E-state index contributed by atoms with van der Waals surface area (Å²) >= 11 is 8.15. The van der Waals surface area contributed by atoms with E-state index in [1.54, 1.807) is 8.87 Å². The first-order chi connectivity index (χ1) is 24.0. The van der Waals surface area contributed by atoms with Crippen LogP contribution in [0, 0.1) is 0 Å². The molecule has 49 heavy (non-hydrogen) atoms. The van der Waals surface area contributed by atoms with Crippen molar-refractivity contribution in [1.29, 1.82) is 0 Å². The van der Waals surface area contributed by atoms with E-state index in [9.17, 15) is 9.59 Å². The average Bonchev–Trinajstić information content (AvgIpc) is 3.09. The molecule has 0 amide bonds. The van der Waals surface area contributed by atoms with Gasteiger partial charge in [0.15, 0.2) is 0 Å². The minimum atomic E-state index is -0.108. The Labute approximate surface area is 329 Å².